The van der Waals surface area contributed by atoms with E-state index in [-0.39, 0.29) is 34.2 Å². The van der Waals surface area contributed by atoms with Gasteiger partial charge in [0, 0.05) is 43.0 Å². The fraction of sp³-hybridized carbons (Fsp3) is 0.625. The van der Waals surface area contributed by atoms with Crippen LogP contribution in [0.4, 0.5) is 0 Å². The maximum absolute atomic E-state index is 13.5. The highest BCUT2D eigenvalue weighted by atomic mass is 32.2. The summed E-state index contributed by atoms with van der Waals surface area (Å²) in [5, 5.41) is 4.80. The molecule has 5 rings (SSSR count). The Labute approximate surface area is 206 Å². The molecule has 2 aromatic heterocycles. The van der Waals surface area contributed by atoms with Crippen molar-refractivity contribution in [3.05, 3.63) is 23.5 Å². The van der Waals surface area contributed by atoms with Gasteiger partial charge in [0.15, 0.2) is 15.5 Å². The van der Waals surface area contributed by atoms with E-state index >= 15 is 0 Å². The molecule has 1 amide bonds. The van der Waals surface area contributed by atoms with Crippen LogP contribution in [0.2, 0.25) is 0 Å². The first-order valence-corrected chi connectivity index (χ1v) is 14.0. The molecule has 10 nitrogen and oxygen atoms in total. The Morgan fingerprint density at radius 3 is 2.66 bits per heavy atom. The fourth-order valence-corrected chi connectivity index (χ4v) is 6.68. The summed E-state index contributed by atoms with van der Waals surface area (Å²) >= 11 is 0. The number of hydrogen-bond acceptors (Lipinski definition) is 8. The zero-order chi connectivity index (χ0) is 24.6. The molecule has 0 aromatic carbocycles. The number of hydrogen-bond donors (Lipinski definition) is 0. The SMILES string of the molecule is CN(C)CCOc1cc2c(cn1)-c1c(c(C(=O)N3CCOCC3)nn1C1CCCCC1)CS2(=O)=O. The van der Waals surface area contributed by atoms with Gasteiger partial charge >= 0.3 is 0 Å². The Bertz CT molecular complexity index is 1200. The van der Waals surface area contributed by atoms with E-state index in [1.165, 1.54) is 12.5 Å². The van der Waals surface area contributed by atoms with E-state index in [4.69, 9.17) is 14.6 Å². The lowest BCUT2D eigenvalue weighted by Crippen LogP contribution is -2.41. The van der Waals surface area contributed by atoms with Crippen molar-refractivity contribution in [1.82, 2.24) is 24.6 Å². The Balaban J connectivity index is 1.59. The summed E-state index contributed by atoms with van der Waals surface area (Å²) in [4.78, 5) is 21.8. The second-order valence-electron chi connectivity index (χ2n) is 9.75. The Hall–Kier alpha value is -2.50. The second-order valence-corrected chi connectivity index (χ2v) is 11.7. The summed E-state index contributed by atoms with van der Waals surface area (Å²) in [7, 11) is 0.182. The molecule has 11 heteroatoms. The minimum absolute atomic E-state index is 0.133. The molecular weight excluding hydrogens is 470 g/mol. The highest BCUT2D eigenvalue weighted by molar-refractivity contribution is 7.90. The highest BCUT2D eigenvalue weighted by Gasteiger charge is 2.39. The summed E-state index contributed by atoms with van der Waals surface area (Å²) in [5.74, 6) is -0.199. The predicted octanol–water partition coefficient (Wildman–Crippen LogP) is 2.15. The van der Waals surface area contributed by atoms with Gasteiger partial charge < -0.3 is 19.3 Å². The number of pyridine rings is 1. The summed E-state index contributed by atoms with van der Waals surface area (Å²) in [6, 6.07) is 1.65. The number of carbonyl (C=O) groups excluding carboxylic acids is 1. The normalized spacial score (nSPS) is 19.9. The molecule has 2 fully saturated rings. The van der Waals surface area contributed by atoms with Gasteiger partial charge in [-0.2, -0.15) is 5.10 Å². The zero-order valence-electron chi connectivity index (χ0n) is 20.4. The number of morpholine rings is 1. The van der Waals surface area contributed by atoms with Gasteiger partial charge in [-0.1, -0.05) is 19.3 Å². The minimum atomic E-state index is -3.70. The van der Waals surface area contributed by atoms with Crippen LogP contribution in [0.1, 0.15) is 54.2 Å². The summed E-state index contributed by atoms with van der Waals surface area (Å²) < 4.78 is 39.9. The van der Waals surface area contributed by atoms with Gasteiger partial charge in [0.25, 0.3) is 5.91 Å². The number of fused-ring (bicyclic) bond motifs is 3. The first-order valence-electron chi connectivity index (χ1n) is 12.3. The van der Waals surface area contributed by atoms with Crippen molar-refractivity contribution in [2.24, 2.45) is 0 Å². The minimum Gasteiger partial charge on any atom is -0.476 e. The number of nitrogens with zero attached hydrogens (tertiary/aromatic N) is 5. The average molecular weight is 504 g/mol. The third-order valence-corrected chi connectivity index (χ3v) is 8.66. The average Bonchev–Trinajstić information content (AvgIpc) is 3.23. The Kier molecular flexibility index (Phi) is 6.82. The molecule has 35 heavy (non-hydrogen) atoms. The molecule has 0 atom stereocenters. The summed E-state index contributed by atoms with van der Waals surface area (Å²) in [6.45, 7) is 2.99. The van der Waals surface area contributed by atoms with Crippen LogP contribution in [0.3, 0.4) is 0 Å². The molecule has 3 aliphatic rings. The van der Waals surface area contributed by atoms with Crippen LogP contribution in [0.5, 0.6) is 5.88 Å². The highest BCUT2D eigenvalue weighted by Crippen LogP contribution is 2.43. The lowest BCUT2D eigenvalue weighted by Gasteiger charge is -2.26. The van der Waals surface area contributed by atoms with Crippen LogP contribution in [-0.2, 0) is 20.3 Å². The fourth-order valence-electron chi connectivity index (χ4n) is 5.10. The van der Waals surface area contributed by atoms with E-state index in [0.29, 0.717) is 56.3 Å². The number of sulfone groups is 1. The quantitative estimate of drug-likeness (QED) is 0.590. The zero-order valence-corrected chi connectivity index (χ0v) is 21.2. The predicted molar refractivity (Wildman–Crippen MR) is 129 cm³/mol. The number of aromatic nitrogens is 3. The maximum Gasteiger partial charge on any atom is 0.274 e. The lowest BCUT2D eigenvalue weighted by molar-refractivity contribution is 0.0297. The maximum atomic E-state index is 13.5. The van der Waals surface area contributed by atoms with E-state index in [2.05, 4.69) is 4.98 Å². The number of ether oxygens (including phenoxy) is 2. The van der Waals surface area contributed by atoms with Crippen LogP contribution in [0.15, 0.2) is 17.2 Å². The molecule has 2 aromatic rings. The molecule has 1 saturated heterocycles. The van der Waals surface area contributed by atoms with Crippen molar-refractivity contribution in [1.29, 1.82) is 0 Å². The van der Waals surface area contributed by atoms with Gasteiger partial charge in [0.2, 0.25) is 5.88 Å². The number of amides is 1. The van der Waals surface area contributed by atoms with Gasteiger partial charge in [-0.15, -0.1) is 0 Å². The van der Waals surface area contributed by atoms with Crippen molar-refractivity contribution in [3.63, 3.8) is 0 Å². The van der Waals surface area contributed by atoms with Crippen molar-refractivity contribution in [3.8, 4) is 17.1 Å². The van der Waals surface area contributed by atoms with E-state index in [1.54, 1.807) is 11.1 Å². The smallest absolute Gasteiger partial charge is 0.274 e. The third kappa shape index (κ3) is 4.81. The molecule has 1 aliphatic carbocycles. The van der Waals surface area contributed by atoms with Crippen molar-refractivity contribution in [2.75, 3.05) is 53.6 Å². The largest absolute Gasteiger partial charge is 0.476 e. The summed E-state index contributed by atoms with van der Waals surface area (Å²) in [6.07, 6.45) is 6.85. The van der Waals surface area contributed by atoms with Crippen LogP contribution in [-0.4, -0.2) is 92.4 Å². The standard InChI is InChI=1S/C24H33N5O5S/c1-27(2)8-13-34-21-14-20-18(15-25-21)23-19(16-35(20,31)32)22(24(30)28-9-11-33-12-10-28)26-29(23)17-6-4-3-5-7-17/h14-15,17H,3-13,16H2,1-2H3. The van der Waals surface area contributed by atoms with E-state index in [9.17, 15) is 13.2 Å². The van der Waals surface area contributed by atoms with Gasteiger partial charge in [0.1, 0.15) is 6.61 Å². The van der Waals surface area contributed by atoms with Crippen LogP contribution < -0.4 is 4.74 Å². The molecule has 4 heterocycles. The van der Waals surface area contributed by atoms with Gasteiger partial charge in [-0.05, 0) is 26.9 Å². The van der Waals surface area contributed by atoms with Crippen molar-refractivity contribution >= 4 is 15.7 Å². The molecule has 0 N–H and O–H groups in total. The van der Waals surface area contributed by atoms with Crippen LogP contribution in [0, 0.1) is 0 Å². The molecule has 190 valence electrons. The number of rotatable bonds is 6. The monoisotopic (exact) mass is 503 g/mol. The van der Waals surface area contributed by atoms with E-state index in [1.807, 2.05) is 23.7 Å². The molecule has 0 spiro atoms. The Morgan fingerprint density at radius 1 is 1.20 bits per heavy atom. The van der Waals surface area contributed by atoms with Crippen molar-refractivity contribution < 1.29 is 22.7 Å². The molecule has 0 bridgehead atoms. The topological polar surface area (TPSA) is 107 Å². The molecule has 0 unspecified atom stereocenters. The van der Waals surface area contributed by atoms with Gasteiger partial charge in [0.05, 0.1) is 35.6 Å². The van der Waals surface area contributed by atoms with Crippen LogP contribution in [0.25, 0.3) is 11.3 Å². The number of carbonyl (C=O) groups is 1. The first-order chi connectivity index (χ1) is 16.8. The summed E-state index contributed by atoms with van der Waals surface area (Å²) in [5.41, 5.74) is 1.95. The van der Waals surface area contributed by atoms with Crippen molar-refractivity contribution in [2.45, 2.75) is 48.8 Å². The van der Waals surface area contributed by atoms with Gasteiger partial charge in [-0.25, -0.2) is 13.4 Å². The third-order valence-electron chi connectivity index (χ3n) is 6.98. The molecule has 1 saturated carbocycles. The number of likely N-dealkylation sites (N-methyl/N-ethyl adjacent to an activating group) is 1. The van der Waals surface area contributed by atoms with E-state index < -0.39 is 9.84 Å². The molecule has 0 radical (unpaired) electrons. The lowest BCUT2D eigenvalue weighted by atomic mass is 9.95. The Morgan fingerprint density at radius 2 is 1.94 bits per heavy atom. The van der Waals surface area contributed by atoms with E-state index in [0.717, 1.165) is 25.7 Å². The first kappa shape index (κ1) is 24.2. The second kappa shape index (κ2) is 9.87. The molecule has 2 aliphatic heterocycles. The van der Waals surface area contributed by atoms with Gasteiger partial charge in [-0.3, -0.25) is 9.48 Å². The van der Waals surface area contributed by atoms with Crippen LogP contribution >= 0.6 is 0 Å². The molecular formula is C24H33N5O5S.